The molecular weight excluding hydrogens is 234 g/mol. The lowest BCUT2D eigenvalue weighted by Crippen LogP contribution is -2.29. The summed E-state index contributed by atoms with van der Waals surface area (Å²) in [7, 11) is 4.69. The van der Waals surface area contributed by atoms with Crippen LogP contribution in [0.5, 0.6) is 11.5 Å². The van der Waals surface area contributed by atoms with Gasteiger partial charge in [-0.05, 0) is 18.1 Å². The normalized spacial score (nSPS) is 9.94. The molecule has 5 heteroatoms. The SMILES string of the molecule is COCC(=O)NCCc1cccc(OC)c1OC. The summed E-state index contributed by atoms with van der Waals surface area (Å²) in [5.74, 6) is 1.28. The maximum atomic E-state index is 11.2. The van der Waals surface area contributed by atoms with Gasteiger partial charge in [-0.15, -0.1) is 0 Å². The molecule has 0 fully saturated rings. The number of carbonyl (C=O) groups is 1. The molecule has 0 radical (unpaired) electrons. The summed E-state index contributed by atoms with van der Waals surface area (Å²) in [6.45, 7) is 0.612. The lowest BCUT2D eigenvalue weighted by molar-refractivity contribution is -0.124. The van der Waals surface area contributed by atoms with E-state index in [0.29, 0.717) is 24.5 Å². The third-order valence-electron chi connectivity index (χ3n) is 2.48. The molecule has 0 spiro atoms. The zero-order valence-corrected chi connectivity index (χ0v) is 11.0. The summed E-state index contributed by atoms with van der Waals surface area (Å²) in [6.07, 6.45) is 0.676. The first-order valence-corrected chi connectivity index (χ1v) is 5.68. The first-order chi connectivity index (χ1) is 8.72. The summed E-state index contributed by atoms with van der Waals surface area (Å²) >= 11 is 0. The van der Waals surface area contributed by atoms with Crippen molar-refractivity contribution in [3.8, 4) is 11.5 Å². The van der Waals surface area contributed by atoms with Gasteiger partial charge in [0.1, 0.15) is 6.61 Å². The average Bonchev–Trinajstić information content (AvgIpc) is 2.38. The Morgan fingerprint density at radius 2 is 2.00 bits per heavy atom. The van der Waals surface area contributed by atoms with Crippen molar-refractivity contribution in [2.45, 2.75) is 6.42 Å². The minimum absolute atomic E-state index is 0.0786. The molecule has 0 heterocycles. The van der Waals surface area contributed by atoms with Gasteiger partial charge in [-0.2, -0.15) is 0 Å². The van der Waals surface area contributed by atoms with Crippen molar-refractivity contribution in [2.75, 3.05) is 34.5 Å². The lowest BCUT2D eigenvalue weighted by atomic mass is 10.1. The van der Waals surface area contributed by atoms with Gasteiger partial charge in [0.15, 0.2) is 11.5 Å². The Kier molecular flexibility index (Phi) is 6.00. The van der Waals surface area contributed by atoms with Crippen molar-refractivity contribution >= 4 is 5.91 Å². The highest BCUT2D eigenvalue weighted by atomic mass is 16.5. The molecule has 0 saturated carbocycles. The van der Waals surface area contributed by atoms with Crippen molar-refractivity contribution in [1.82, 2.24) is 5.32 Å². The van der Waals surface area contributed by atoms with Crippen LogP contribution in [0.25, 0.3) is 0 Å². The topological polar surface area (TPSA) is 56.8 Å². The summed E-state index contributed by atoms with van der Waals surface area (Å²) in [5, 5.41) is 2.76. The van der Waals surface area contributed by atoms with Gasteiger partial charge < -0.3 is 19.5 Å². The fourth-order valence-corrected chi connectivity index (χ4v) is 1.67. The van der Waals surface area contributed by atoms with Crippen LogP contribution in [0.2, 0.25) is 0 Å². The summed E-state index contributed by atoms with van der Waals surface area (Å²) < 4.78 is 15.3. The smallest absolute Gasteiger partial charge is 0.245 e. The monoisotopic (exact) mass is 253 g/mol. The molecule has 18 heavy (non-hydrogen) atoms. The highest BCUT2D eigenvalue weighted by Gasteiger charge is 2.09. The number of nitrogens with one attached hydrogen (secondary N) is 1. The van der Waals surface area contributed by atoms with E-state index in [1.54, 1.807) is 14.2 Å². The second-order valence-electron chi connectivity index (χ2n) is 3.69. The van der Waals surface area contributed by atoms with Crippen molar-refractivity contribution < 1.29 is 19.0 Å². The van der Waals surface area contributed by atoms with E-state index in [2.05, 4.69) is 5.32 Å². The Morgan fingerprint density at radius 3 is 2.61 bits per heavy atom. The van der Waals surface area contributed by atoms with Crippen LogP contribution in [0.4, 0.5) is 0 Å². The molecule has 0 atom stereocenters. The van der Waals surface area contributed by atoms with Crippen molar-refractivity contribution in [1.29, 1.82) is 0 Å². The number of amides is 1. The van der Waals surface area contributed by atoms with E-state index in [1.165, 1.54) is 7.11 Å². The van der Waals surface area contributed by atoms with Crippen molar-refractivity contribution in [3.05, 3.63) is 23.8 Å². The number of benzene rings is 1. The van der Waals surface area contributed by atoms with Crippen molar-refractivity contribution in [3.63, 3.8) is 0 Å². The van der Waals surface area contributed by atoms with Crippen LogP contribution in [-0.4, -0.2) is 40.4 Å². The number of carbonyl (C=O) groups excluding carboxylic acids is 1. The number of hydrogen-bond donors (Lipinski definition) is 1. The molecule has 1 aromatic carbocycles. The summed E-state index contributed by atoms with van der Waals surface area (Å²) in [4.78, 5) is 11.2. The van der Waals surface area contributed by atoms with E-state index in [-0.39, 0.29) is 12.5 Å². The number of ether oxygens (including phenoxy) is 3. The van der Waals surface area contributed by atoms with Gasteiger partial charge in [-0.25, -0.2) is 0 Å². The number of para-hydroxylation sites is 1. The third-order valence-corrected chi connectivity index (χ3v) is 2.48. The average molecular weight is 253 g/mol. The van der Waals surface area contributed by atoms with Crippen molar-refractivity contribution in [2.24, 2.45) is 0 Å². The van der Waals surface area contributed by atoms with Crippen LogP contribution in [0.15, 0.2) is 18.2 Å². The van der Waals surface area contributed by atoms with Gasteiger partial charge in [0.05, 0.1) is 14.2 Å². The van der Waals surface area contributed by atoms with Gasteiger partial charge >= 0.3 is 0 Å². The fraction of sp³-hybridized carbons (Fsp3) is 0.462. The highest BCUT2D eigenvalue weighted by Crippen LogP contribution is 2.30. The van der Waals surface area contributed by atoms with Crippen LogP contribution in [-0.2, 0) is 16.0 Å². The third kappa shape index (κ3) is 3.92. The van der Waals surface area contributed by atoms with Crippen LogP contribution < -0.4 is 14.8 Å². The minimum atomic E-state index is -0.126. The van der Waals surface area contributed by atoms with Crippen LogP contribution in [0, 0.1) is 0 Å². The van der Waals surface area contributed by atoms with Gasteiger partial charge in [0.2, 0.25) is 5.91 Å². The Morgan fingerprint density at radius 1 is 1.22 bits per heavy atom. The zero-order chi connectivity index (χ0) is 13.4. The molecular formula is C13H19NO4. The van der Waals surface area contributed by atoms with Crippen LogP contribution >= 0.6 is 0 Å². The summed E-state index contributed by atoms with van der Waals surface area (Å²) in [6, 6.07) is 5.68. The minimum Gasteiger partial charge on any atom is -0.493 e. The maximum Gasteiger partial charge on any atom is 0.245 e. The Bertz CT molecular complexity index is 393. The number of methoxy groups -OCH3 is 3. The van der Waals surface area contributed by atoms with E-state index in [0.717, 1.165) is 5.56 Å². The van der Waals surface area contributed by atoms with E-state index in [1.807, 2.05) is 18.2 Å². The number of rotatable bonds is 7. The van der Waals surface area contributed by atoms with E-state index >= 15 is 0 Å². The van der Waals surface area contributed by atoms with Crippen LogP contribution in [0.3, 0.4) is 0 Å². The molecule has 0 bridgehead atoms. The molecule has 0 aliphatic rings. The molecule has 1 rings (SSSR count). The quantitative estimate of drug-likeness (QED) is 0.788. The standard InChI is InChI=1S/C13H19NO4/c1-16-9-12(15)14-8-7-10-5-4-6-11(17-2)13(10)18-3/h4-6H,7-9H2,1-3H3,(H,14,15). The highest BCUT2D eigenvalue weighted by molar-refractivity contribution is 5.77. The molecule has 1 aromatic rings. The molecule has 0 saturated heterocycles. The predicted octanol–water partition coefficient (Wildman–Crippen LogP) is 1.01. The second kappa shape index (κ2) is 7.55. The maximum absolute atomic E-state index is 11.2. The first kappa shape index (κ1) is 14.3. The van der Waals surface area contributed by atoms with Gasteiger partial charge in [-0.3, -0.25) is 4.79 Å². The predicted molar refractivity (Wildman–Crippen MR) is 68.1 cm³/mol. The molecule has 100 valence electrons. The van der Waals surface area contributed by atoms with E-state index < -0.39 is 0 Å². The van der Waals surface area contributed by atoms with Gasteiger partial charge in [0.25, 0.3) is 0 Å². The van der Waals surface area contributed by atoms with E-state index in [9.17, 15) is 4.79 Å². The molecule has 5 nitrogen and oxygen atoms in total. The molecule has 0 aromatic heterocycles. The zero-order valence-electron chi connectivity index (χ0n) is 11.0. The first-order valence-electron chi connectivity index (χ1n) is 5.68. The molecule has 0 aliphatic heterocycles. The molecule has 0 aliphatic carbocycles. The molecule has 1 amide bonds. The largest absolute Gasteiger partial charge is 0.493 e. The van der Waals surface area contributed by atoms with Gasteiger partial charge in [-0.1, -0.05) is 12.1 Å². The fourth-order valence-electron chi connectivity index (χ4n) is 1.67. The number of hydrogen-bond acceptors (Lipinski definition) is 4. The second-order valence-corrected chi connectivity index (χ2v) is 3.69. The van der Waals surface area contributed by atoms with Crippen LogP contribution in [0.1, 0.15) is 5.56 Å². The van der Waals surface area contributed by atoms with E-state index in [4.69, 9.17) is 14.2 Å². The lowest BCUT2D eigenvalue weighted by Gasteiger charge is -2.12. The Hall–Kier alpha value is -1.75. The molecule has 1 N–H and O–H groups in total. The summed E-state index contributed by atoms with van der Waals surface area (Å²) in [5.41, 5.74) is 0.995. The van der Waals surface area contributed by atoms with Gasteiger partial charge in [0, 0.05) is 13.7 Å². The molecule has 0 unspecified atom stereocenters. The Balaban J connectivity index is 2.59. The Labute approximate surface area is 107 Å².